The minimum Gasteiger partial charge on any atom is -0.387 e. The Kier molecular flexibility index (Phi) is 5.14. The smallest absolute Gasteiger partial charge is 0.0946 e. The Morgan fingerprint density at radius 1 is 1.14 bits per heavy atom. The molecule has 1 aromatic heterocycles. The zero-order valence-electron chi connectivity index (χ0n) is 16.9. The minimum atomic E-state index is -0.506. The van der Waals surface area contributed by atoms with Gasteiger partial charge in [-0.05, 0) is 54.3 Å². The van der Waals surface area contributed by atoms with Gasteiger partial charge in [0.05, 0.1) is 19.3 Å². The second-order valence-electron chi connectivity index (χ2n) is 8.27. The summed E-state index contributed by atoms with van der Waals surface area (Å²) in [6, 6.07) is 15.1. The van der Waals surface area contributed by atoms with Crippen LogP contribution in [-0.4, -0.2) is 53.9 Å². The van der Waals surface area contributed by atoms with E-state index in [2.05, 4.69) is 58.5 Å². The fourth-order valence-electron chi connectivity index (χ4n) is 4.74. The molecule has 2 atom stereocenters. The SMILES string of the molecule is CC1NCCc2c(-c3cccc(CN4CCOCC4)c3)[nH]c3cccc(c23)[C@H]1O. The average molecular weight is 392 g/mol. The number of ether oxygens (including phenoxy) is 1. The molecule has 2 aliphatic rings. The fraction of sp³-hybridized carbons (Fsp3) is 0.417. The molecule has 0 aliphatic carbocycles. The van der Waals surface area contributed by atoms with E-state index in [4.69, 9.17) is 4.74 Å². The van der Waals surface area contributed by atoms with Gasteiger partial charge >= 0.3 is 0 Å². The Morgan fingerprint density at radius 2 is 1.97 bits per heavy atom. The number of aromatic nitrogens is 1. The Balaban J connectivity index is 1.56. The number of hydrogen-bond donors (Lipinski definition) is 3. The number of benzene rings is 2. The van der Waals surface area contributed by atoms with Gasteiger partial charge in [0.2, 0.25) is 0 Å². The van der Waals surface area contributed by atoms with E-state index in [1.165, 1.54) is 27.8 Å². The number of morpholine rings is 1. The fourth-order valence-corrected chi connectivity index (χ4v) is 4.74. The molecule has 5 rings (SSSR count). The molecule has 0 spiro atoms. The molecule has 1 unspecified atom stereocenters. The van der Waals surface area contributed by atoms with Crippen molar-refractivity contribution in [2.24, 2.45) is 0 Å². The Bertz CT molecular complexity index is 1010. The van der Waals surface area contributed by atoms with Gasteiger partial charge in [-0.25, -0.2) is 0 Å². The van der Waals surface area contributed by atoms with Gasteiger partial charge in [-0.15, -0.1) is 0 Å². The van der Waals surface area contributed by atoms with Crippen molar-refractivity contribution >= 4 is 10.9 Å². The van der Waals surface area contributed by atoms with E-state index in [9.17, 15) is 5.11 Å². The third-order valence-corrected chi connectivity index (χ3v) is 6.32. The van der Waals surface area contributed by atoms with Crippen LogP contribution in [0.15, 0.2) is 42.5 Å². The molecule has 3 N–H and O–H groups in total. The molecular weight excluding hydrogens is 362 g/mol. The van der Waals surface area contributed by atoms with Crippen LogP contribution in [-0.2, 0) is 17.7 Å². The Hall–Kier alpha value is -2.18. The van der Waals surface area contributed by atoms with Crippen molar-refractivity contribution in [2.45, 2.75) is 32.0 Å². The molecule has 0 radical (unpaired) electrons. The van der Waals surface area contributed by atoms with E-state index in [-0.39, 0.29) is 6.04 Å². The van der Waals surface area contributed by atoms with Crippen molar-refractivity contribution in [3.05, 3.63) is 59.2 Å². The van der Waals surface area contributed by atoms with Gasteiger partial charge in [-0.3, -0.25) is 4.90 Å². The highest BCUT2D eigenvalue weighted by atomic mass is 16.5. The van der Waals surface area contributed by atoms with Crippen LogP contribution in [0.1, 0.15) is 29.7 Å². The van der Waals surface area contributed by atoms with Gasteiger partial charge in [0.1, 0.15) is 0 Å². The summed E-state index contributed by atoms with van der Waals surface area (Å²) in [5, 5.41) is 15.5. The van der Waals surface area contributed by atoms with Gasteiger partial charge in [0.25, 0.3) is 0 Å². The predicted octanol–water partition coefficient (Wildman–Crippen LogP) is 3.23. The molecule has 1 fully saturated rings. The molecule has 3 aromatic rings. The van der Waals surface area contributed by atoms with Crippen molar-refractivity contribution < 1.29 is 9.84 Å². The summed E-state index contributed by atoms with van der Waals surface area (Å²) >= 11 is 0. The number of aromatic amines is 1. The monoisotopic (exact) mass is 391 g/mol. The summed E-state index contributed by atoms with van der Waals surface area (Å²) in [5.74, 6) is 0. The van der Waals surface area contributed by atoms with Crippen LogP contribution in [0.5, 0.6) is 0 Å². The van der Waals surface area contributed by atoms with Crippen molar-refractivity contribution in [3.8, 4) is 11.3 Å². The van der Waals surface area contributed by atoms with E-state index in [0.717, 1.165) is 56.9 Å². The number of hydrogen-bond acceptors (Lipinski definition) is 4. The van der Waals surface area contributed by atoms with E-state index < -0.39 is 6.10 Å². The van der Waals surface area contributed by atoms with Crippen LogP contribution in [0.4, 0.5) is 0 Å². The molecule has 0 amide bonds. The highest BCUT2D eigenvalue weighted by Crippen LogP contribution is 2.37. The molecule has 2 aliphatic heterocycles. The van der Waals surface area contributed by atoms with Crippen molar-refractivity contribution in [1.82, 2.24) is 15.2 Å². The van der Waals surface area contributed by atoms with Crippen molar-refractivity contribution in [3.63, 3.8) is 0 Å². The highest BCUT2D eigenvalue weighted by Gasteiger charge is 2.25. The summed E-state index contributed by atoms with van der Waals surface area (Å²) in [6.45, 7) is 7.50. The molecule has 0 saturated carbocycles. The first-order valence-corrected chi connectivity index (χ1v) is 10.6. The second-order valence-corrected chi connectivity index (χ2v) is 8.27. The lowest BCUT2D eigenvalue weighted by molar-refractivity contribution is 0.0342. The largest absolute Gasteiger partial charge is 0.387 e. The molecule has 1 saturated heterocycles. The van der Waals surface area contributed by atoms with Crippen LogP contribution < -0.4 is 5.32 Å². The normalized spacial score (nSPS) is 23.1. The van der Waals surface area contributed by atoms with Crippen molar-refractivity contribution in [2.75, 3.05) is 32.8 Å². The van der Waals surface area contributed by atoms with Crippen molar-refractivity contribution in [1.29, 1.82) is 0 Å². The highest BCUT2D eigenvalue weighted by molar-refractivity contribution is 5.93. The lowest BCUT2D eigenvalue weighted by Gasteiger charge is -2.26. The molecule has 2 aromatic carbocycles. The number of aliphatic hydroxyl groups excluding tert-OH is 1. The van der Waals surface area contributed by atoms with E-state index in [1.807, 2.05) is 6.07 Å². The molecule has 5 nitrogen and oxygen atoms in total. The number of nitrogens with one attached hydrogen (secondary N) is 2. The molecule has 3 heterocycles. The molecule has 5 heteroatoms. The quantitative estimate of drug-likeness (QED) is 0.642. The number of H-pyrrole nitrogens is 1. The van der Waals surface area contributed by atoms with Gasteiger partial charge in [0.15, 0.2) is 0 Å². The standard InChI is InChI=1S/C24H29N3O2/c1-16-24(28)20-6-3-7-21-22(20)19(8-9-25-16)23(26-21)18-5-2-4-17(14-18)15-27-10-12-29-13-11-27/h2-7,14,16,24-26,28H,8-13,15H2,1H3/t16?,24-/m0/s1. The first kappa shape index (κ1) is 18.8. The summed E-state index contributed by atoms with van der Waals surface area (Å²) in [7, 11) is 0. The van der Waals surface area contributed by atoms with Gasteiger partial charge in [0, 0.05) is 42.3 Å². The number of aliphatic hydroxyl groups is 1. The van der Waals surface area contributed by atoms with Crippen LogP contribution in [0.3, 0.4) is 0 Å². The number of rotatable bonds is 3. The lowest BCUT2D eigenvalue weighted by Crippen LogP contribution is -2.35. The van der Waals surface area contributed by atoms with Crippen LogP contribution >= 0.6 is 0 Å². The first-order chi connectivity index (χ1) is 14.2. The summed E-state index contributed by atoms with van der Waals surface area (Å²) in [6.07, 6.45) is 0.436. The topological polar surface area (TPSA) is 60.5 Å². The number of nitrogens with zero attached hydrogens (tertiary/aromatic N) is 1. The molecule has 0 bridgehead atoms. The lowest BCUT2D eigenvalue weighted by atomic mass is 9.92. The maximum absolute atomic E-state index is 10.9. The molecule has 29 heavy (non-hydrogen) atoms. The zero-order chi connectivity index (χ0) is 19.8. The predicted molar refractivity (Wildman–Crippen MR) is 116 cm³/mol. The molecular formula is C24H29N3O2. The summed E-state index contributed by atoms with van der Waals surface area (Å²) in [4.78, 5) is 6.11. The van der Waals surface area contributed by atoms with E-state index >= 15 is 0 Å². The maximum atomic E-state index is 10.9. The van der Waals surface area contributed by atoms with E-state index in [1.54, 1.807) is 0 Å². The molecule has 152 valence electrons. The average Bonchev–Trinajstić information content (AvgIpc) is 3.12. The third kappa shape index (κ3) is 3.60. The van der Waals surface area contributed by atoms with E-state index in [0.29, 0.717) is 0 Å². The van der Waals surface area contributed by atoms with Gasteiger partial charge in [-0.1, -0.05) is 30.3 Å². The zero-order valence-corrected chi connectivity index (χ0v) is 16.9. The Labute approximate surface area is 171 Å². The van der Waals surface area contributed by atoms with Gasteiger partial charge < -0.3 is 20.1 Å². The summed E-state index contributed by atoms with van der Waals surface area (Å²) < 4.78 is 5.48. The maximum Gasteiger partial charge on any atom is 0.0946 e. The van der Waals surface area contributed by atoms with Crippen LogP contribution in [0, 0.1) is 0 Å². The second kappa shape index (κ2) is 7.92. The third-order valence-electron chi connectivity index (χ3n) is 6.32. The van der Waals surface area contributed by atoms with Crippen LogP contribution in [0.2, 0.25) is 0 Å². The summed E-state index contributed by atoms with van der Waals surface area (Å²) in [5.41, 5.74) is 7.16. The first-order valence-electron chi connectivity index (χ1n) is 10.6. The van der Waals surface area contributed by atoms with Gasteiger partial charge in [-0.2, -0.15) is 0 Å². The Morgan fingerprint density at radius 3 is 2.83 bits per heavy atom. The van der Waals surface area contributed by atoms with Crippen LogP contribution in [0.25, 0.3) is 22.2 Å². The minimum absolute atomic E-state index is 0.0453.